The van der Waals surface area contributed by atoms with Crippen LogP contribution in [0.25, 0.3) is 0 Å². The van der Waals surface area contributed by atoms with Crippen molar-refractivity contribution in [2.45, 2.75) is 27.3 Å². The van der Waals surface area contributed by atoms with Gasteiger partial charge in [-0.1, -0.05) is 0 Å². The Bertz CT molecular complexity index is 549. The zero-order valence-electron chi connectivity index (χ0n) is 11.4. The van der Waals surface area contributed by atoms with Gasteiger partial charge < -0.3 is 20.5 Å². The Morgan fingerprint density at radius 3 is 2.60 bits per heavy atom. The number of nitro groups is 1. The van der Waals surface area contributed by atoms with Crippen molar-refractivity contribution in [2.24, 2.45) is 5.41 Å². The molecular formula is C11H16N4O5. The van der Waals surface area contributed by atoms with E-state index < -0.39 is 22.2 Å². The monoisotopic (exact) mass is 284 g/mol. The molecule has 1 heterocycles. The van der Waals surface area contributed by atoms with Crippen LogP contribution in [-0.2, 0) is 16.1 Å². The van der Waals surface area contributed by atoms with Gasteiger partial charge in [-0.2, -0.15) is 0 Å². The fraction of sp³-hybridized carbons (Fsp3) is 0.545. The molecule has 0 radical (unpaired) electrons. The number of hydrogen-bond donors (Lipinski definition) is 2. The number of carboxylic acids is 1. The molecule has 110 valence electrons. The first kappa shape index (κ1) is 15.6. The predicted molar refractivity (Wildman–Crippen MR) is 68.0 cm³/mol. The second kappa shape index (κ2) is 5.68. The quantitative estimate of drug-likeness (QED) is 0.572. The van der Waals surface area contributed by atoms with Crippen molar-refractivity contribution in [3.8, 4) is 0 Å². The SMILES string of the molecule is Cc1nc([N+](=O)[O-])cn1CC(=O)NCC(C)(C)C(=O)O. The Morgan fingerprint density at radius 1 is 1.55 bits per heavy atom. The summed E-state index contributed by atoms with van der Waals surface area (Å²) in [6.45, 7) is 4.34. The minimum absolute atomic E-state index is 0.0307. The number of imidazole rings is 1. The lowest BCUT2D eigenvalue weighted by atomic mass is 9.94. The molecule has 2 N–H and O–H groups in total. The van der Waals surface area contributed by atoms with Crippen LogP contribution in [0.1, 0.15) is 19.7 Å². The fourth-order valence-corrected chi connectivity index (χ4v) is 1.35. The number of carbonyl (C=O) groups is 2. The summed E-state index contributed by atoms with van der Waals surface area (Å²) in [4.78, 5) is 36.2. The smallest absolute Gasteiger partial charge is 0.381 e. The van der Waals surface area contributed by atoms with Crippen molar-refractivity contribution in [1.82, 2.24) is 14.9 Å². The molecule has 9 nitrogen and oxygen atoms in total. The van der Waals surface area contributed by atoms with Crippen molar-refractivity contribution >= 4 is 17.7 Å². The molecule has 0 saturated carbocycles. The van der Waals surface area contributed by atoms with Gasteiger partial charge in [0.2, 0.25) is 11.7 Å². The highest BCUT2D eigenvalue weighted by molar-refractivity contribution is 5.78. The van der Waals surface area contributed by atoms with Crippen molar-refractivity contribution in [3.63, 3.8) is 0 Å². The Labute approximate surface area is 114 Å². The summed E-state index contributed by atoms with van der Waals surface area (Å²) >= 11 is 0. The van der Waals surface area contributed by atoms with E-state index in [1.54, 1.807) is 6.92 Å². The summed E-state index contributed by atoms with van der Waals surface area (Å²) in [7, 11) is 0. The van der Waals surface area contributed by atoms with Crippen molar-refractivity contribution in [3.05, 3.63) is 22.1 Å². The number of amides is 1. The van der Waals surface area contributed by atoms with Gasteiger partial charge in [0, 0.05) is 13.5 Å². The van der Waals surface area contributed by atoms with Gasteiger partial charge >= 0.3 is 11.8 Å². The van der Waals surface area contributed by atoms with Gasteiger partial charge in [0.05, 0.1) is 5.41 Å². The van der Waals surface area contributed by atoms with Crippen LogP contribution in [0.4, 0.5) is 5.82 Å². The molecule has 1 amide bonds. The van der Waals surface area contributed by atoms with Crippen LogP contribution in [0.3, 0.4) is 0 Å². The third kappa shape index (κ3) is 3.77. The summed E-state index contributed by atoms with van der Waals surface area (Å²) in [6.07, 6.45) is 1.16. The van der Waals surface area contributed by atoms with E-state index in [9.17, 15) is 19.7 Å². The Balaban J connectivity index is 2.63. The van der Waals surface area contributed by atoms with Crippen LogP contribution in [0.15, 0.2) is 6.20 Å². The fourth-order valence-electron chi connectivity index (χ4n) is 1.35. The number of hydrogen-bond acceptors (Lipinski definition) is 5. The van der Waals surface area contributed by atoms with Crippen LogP contribution in [-0.4, -0.2) is 38.0 Å². The van der Waals surface area contributed by atoms with Gasteiger partial charge in [-0.15, -0.1) is 0 Å². The number of aromatic nitrogens is 2. The van der Waals surface area contributed by atoms with Gasteiger partial charge in [-0.25, -0.2) is 0 Å². The molecule has 0 spiro atoms. The van der Waals surface area contributed by atoms with Gasteiger partial charge in [-0.3, -0.25) is 14.2 Å². The first-order valence-corrected chi connectivity index (χ1v) is 5.82. The number of carboxylic acid groups (broad SMARTS) is 1. The highest BCUT2D eigenvalue weighted by Crippen LogP contribution is 2.13. The molecule has 0 aliphatic heterocycles. The van der Waals surface area contributed by atoms with Gasteiger partial charge in [0.1, 0.15) is 12.7 Å². The van der Waals surface area contributed by atoms with E-state index >= 15 is 0 Å². The maximum Gasteiger partial charge on any atom is 0.381 e. The molecule has 20 heavy (non-hydrogen) atoms. The largest absolute Gasteiger partial charge is 0.481 e. The second-order valence-electron chi connectivity index (χ2n) is 5.00. The van der Waals surface area contributed by atoms with Crippen LogP contribution in [0, 0.1) is 22.5 Å². The van der Waals surface area contributed by atoms with E-state index in [1.807, 2.05) is 0 Å². The third-order valence-corrected chi connectivity index (χ3v) is 2.77. The van der Waals surface area contributed by atoms with Crippen molar-refractivity contribution in [1.29, 1.82) is 0 Å². The second-order valence-corrected chi connectivity index (χ2v) is 5.00. The van der Waals surface area contributed by atoms with Crippen molar-refractivity contribution in [2.75, 3.05) is 6.54 Å². The average Bonchev–Trinajstić information content (AvgIpc) is 2.68. The molecule has 0 fully saturated rings. The highest BCUT2D eigenvalue weighted by atomic mass is 16.6. The number of aliphatic carboxylic acids is 1. The molecule has 0 bridgehead atoms. The Hall–Kier alpha value is -2.45. The Morgan fingerprint density at radius 2 is 2.15 bits per heavy atom. The van der Waals surface area contributed by atoms with Crippen LogP contribution in [0.2, 0.25) is 0 Å². The van der Waals surface area contributed by atoms with Gasteiger partial charge in [0.25, 0.3) is 0 Å². The lowest BCUT2D eigenvalue weighted by molar-refractivity contribution is -0.389. The molecule has 0 atom stereocenters. The minimum atomic E-state index is -1.08. The average molecular weight is 284 g/mol. The van der Waals surface area contributed by atoms with E-state index in [0.717, 1.165) is 6.20 Å². The first-order chi connectivity index (χ1) is 9.13. The summed E-state index contributed by atoms with van der Waals surface area (Å²) in [5, 5.41) is 21.9. The molecule has 0 aliphatic carbocycles. The number of rotatable bonds is 6. The number of carbonyl (C=O) groups excluding carboxylic acids is 1. The summed E-state index contributed by atoms with van der Waals surface area (Å²) in [5.74, 6) is -1.45. The molecule has 0 unspecified atom stereocenters. The molecule has 9 heteroatoms. The van der Waals surface area contributed by atoms with Crippen LogP contribution in [0.5, 0.6) is 0 Å². The molecule has 1 rings (SSSR count). The van der Waals surface area contributed by atoms with Gasteiger partial charge in [-0.05, 0) is 23.8 Å². The van der Waals surface area contributed by atoms with Crippen LogP contribution >= 0.6 is 0 Å². The molecule has 1 aromatic rings. The number of nitrogens with one attached hydrogen (secondary N) is 1. The molecule has 0 aliphatic rings. The summed E-state index contributed by atoms with van der Waals surface area (Å²) < 4.78 is 1.33. The van der Waals surface area contributed by atoms with Crippen LogP contribution < -0.4 is 5.32 Å². The topological polar surface area (TPSA) is 127 Å². The Kier molecular flexibility index (Phi) is 4.43. The van der Waals surface area contributed by atoms with E-state index in [4.69, 9.17) is 5.11 Å². The van der Waals surface area contributed by atoms with E-state index in [-0.39, 0.29) is 18.9 Å². The lowest BCUT2D eigenvalue weighted by Gasteiger charge is -2.19. The zero-order valence-corrected chi connectivity index (χ0v) is 11.4. The maximum absolute atomic E-state index is 11.7. The zero-order chi connectivity index (χ0) is 15.5. The van der Waals surface area contributed by atoms with E-state index in [1.165, 1.54) is 18.4 Å². The summed E-state index contributed by atoms with van der Waals surface area (Å²) in [5.41, 5.74) is -1.08. The number of nitrogens with zero attached hydrogens (tertiary/aromatic N) is 3. The standard InChI is InChI=1S/C11H16N4O5/c1-7-13-8(15(19)20)4-14(7)5-9(16)12-6-11(2,3)10(17)18/h4H,5-6H2,1-3H3,(H,12,16)(H,17,18). The minimum Gasteiger partial charge on any atom is -0.481 e. The molecule has 0 saturated heterocycles. The maximum atomic E-state index is 11.7. The normalized spacial score (nSPS) is 11.2. The molecule has 1 aromatic heterocycles. The predicted octanol–water partition coefficient (Wildman–Crippen LogP) is 0.327. The summed E-state index contributed by atoms with van der Waals surface area (Å²) in [6, 6.07) is 0. The molecular weight excluding hydrogens is 268 g/mol. The third-order valence-electron chi connectivity index (χ3n) is 2.77. The number of aryl methyl sites for hydroxylation is 1. The van der Waals surface area contributed by atoms with Gasteiger partial charge in [0.15, 0.2) is 0 Å². The van der Waals surface area contributed by atoms with E-state index in [2.05, 4.69) is 10.3 Å². The highest BCUT2D eigenvalue weighted by Gasteiger charge is 2.27. The van der Waals surface area contributed by atoms with Crippen molar-refractivity contribution < 1.29 is 19.6 Å². The first-order valence-electron chi connectivity index (χ1n) is 5.82. The molecule has 0 aromatic carbocycles. The lowest BCUT2D eigenvalue weighted by Crippen LogP contribution is -2.40. The van der Waals surface area contributed by atoms with E-state index in [0.29, 0.717) is 5.82 Å².